The van der Waals surface area contributed by atoms with E-state index in [1.54, 1.807) is 11.3 Å². The average molecular weight is 372 g/mol. The van der Waals surface area contributed by atoms with Crippen molar-refractivity contribution in [3.8, 4) is 0 Å². The van der Waals surface area contributed by atoms with Crippen molar-refractivity contribution in [1.82, 2.24) is 15.6 Å². The molecule has 1 aromatic heterocycles. The number of nitrogens with one attached hydrogen (secondary N) is 2. The molecule has 136 valence electrons. The number of nitrogens with zero attached hydrogens (tertiary/aromatic N) is 3. The Morgan fingerprint density at radius 3 is 2.75 bits per heavy atom. The number of rotatable bonds is 7. The molecule has 1 aromatic rings. The van der Waals surface area contributed by atoms with Crippen molar-refractivity contribution < 1.29 is 4.74 Å². The molecule has 0 atom stereocenters. The molecule has 0 amide bonds. The molecule has 1 saturated heterocycles. The Morgan fingerprint density at radius 2 is 2.17 bits per heavy atom. The Kier molecular flexibility index (Phi) is 7.64. The SMILES string of the molecule is CCSC1(CNC(=NC)NCc2csc(N(C)C)n2)CCOCC1. The predicted octanol–water partition coefficient (Wildman–Crippen LogP) is 2.18. The highest BCUT2D eigenvalue weighted by Crippen LogP contribution is 2.34. The Balaban J connectivity index is 1.84. The van der Waals surface area contributed by atoms with Gasteiger partial charge in [0.25, 0.3) is 0 Å². The van der Waals surface area contributed by atoms with Gasteiger partial charge in [-0.25, -0.2) is 4.98 Å². The second-order valence-corrected chi connectivity index (χ2v) is 8.59. The molecule has 0 spiro atoms. The summed E-state index contributed by atoms with van der Waals surface area (Å²) >= 11 is 3.69. The molecule has 1 aliphatic rings. The minimum absolute atomic E-state index is 0.253. The van der Waals surface area contributed by atoms with Gasteiger partial charge < -0.3 is 20.3 Å². The van der Waals surface area contributed by atoms with Gasteiger partial charge in [0.05, 0.1) is 12.2 Å². The Labute approximate surface area is 153 Å². The number of thioether (sulfide) groups is 1. The first kappa shape index (κ1) is 19.3. The summed E-state index contributed by atoms with van der Waals surface area (Å²) in [6, 6.07) is 0. The highest BCUT2D eigenvalue weighted by Gasteiger charge is 2.32. The van der Waals surface area contributed by atoms with Gasteiger partial charge in [0, 0.05) is 51.0 Å². The van der Waals surface area contributed by atoms with Gasteiger partial charge in [0.2, 0.25) is 0 Å². The summed E-state index contributed by atoms with van der Waals surface area (Å²) in [4.78, 5) is 11.0. The van der Waals surface area contributed by atoms with Gasteiger partial charge in [-0.15, -0.1) is 11.3 Å². The lowest BCUT2D eigenvalue weighted by atomic mass is 9.99. The van der Waals surface area contributed by atoms with Crippen LogP contribution in [0.1, 0.15) is 25.5 Å². The number of anilines is 1. The topological polar surface area (TPSA) is 61.8 Å². The minimum atomic E-state index is 0.253. The van der Waals surface area contributed by atoms with Crippen LogP contribution in [0.3, 0.4) is 0 Å². The number of hydrogen-bond acceptors (Lipinski definition) is 6. The lowest BCUT2D eigenvalue weighted by molar-refractivity contribution is 0.0782. The molecule has 2 rings (SSSR count). The number of ether oxygens (including phenoxy) is 1. The molecule has 0 aliphatic carbocycles. The molecule has 1 aliphatic heterocycles. The number of thiazole rings is 1. The fourth-order valence-corrected chi connectivity index (χ4v) is 4.64. The minimum Gasteiger partial charge on any atom is -0.381 e. The quantitative estimate of drug-likeness (QED) is 0.566. The van der Waals surface area contributed by atoms with E-state index < -0.39 is 0 Å². The highest BCUT2D eigenvalue weighted by atomic mass is 32.2. The summed E-state index contributed by atoms with van der Waals surface area (Å²) < 4.78 is 5.79. The zero-order valence-corrected chi connectivity index (χ0v) is 16.7. The maximum atomic E-state index is 5.53. The monoisotopic (exact) mass is 371 g/mol. The largest absolute Gasteiger partial charge is 0.381 e. The summed E-state index contributed by atoms with van der Waals surface area (Å²) in [5, 5.41) is 9.96. The van der Waals surface area contributed by atoms with E-state index in [1.807, 2.05) is 37.8 Å². The van der Waals surface area contributed by atoms with Crippen molar-refractivity contribution in [2.24, 2.45) is 4.99 Å². The van der Waals surface area contributed by atoms with Crippen LogP contribution in [0.4, 0.5) is 5.13 Å². The van der Waals surface area contributed by atoms with Gasteiger partial charge in [-0.2, -0.15) is 11.8 Å². The van der Waals surface area contributed by atoms with E-state index in [4.69, 9.17) is 4.74 Å². The first-order chi connectivity index (χ1) is 11.6. The molecule has 6 nitrogen and oxygen atoms in total. The normalized spacial score (nSPS) is 17.6. The van der Waals surface area contributed by atoms with E-state index >= 15 is 0 Å². The number of hydrogen-bond donors (Lipinski definition) is 2. The summed E-state index contributed by atoms with van der Waals surface area (Å²) in [5.41, 5.74) is 1.04. The third-order valence-electron chi connectivity index (χ3n) is 4.02. The fraction of sp³-hybridized carbons (Fsp3) is 0.750. The lowest BCUT2D eigenvalue weighted by Gasteiger charge is -2.37. The van der Waals surface area contributed by atoms with E-state index in [-0.39, 0.29) is 4.75 Å². The third kappa shape index (κ3) is 5.53. The summed E-state index contributed by atoms with van der Waals surface area (Å²) in [7, 11) is 5.83. The molecule has 0 aromatic carbocycles. The van der Waals surface area contributed by atoms with Crippen LogP contribution in [0.5, 0.6) is 0 Å². The highest BCUT2D eigenvalue weighted by molar-refractivity contribution is 8.00. The molecule has 2 heterocycles. The van der Waals surface area contributed by atoms with Crippen LogP contribution in [-0.2, 0) is 11.3 Å². The van der Waals surface area contributed by atoms with Crippen LogP contribution < -0.4 is 15.5 Å². The first-order valence-electron chi connectivity index (χ1n) is 8.36. The van der Waals surface area contributed by atoms with Crippen molar-refractivity contribution in [2.75, 3.05) is 51.6 Å². The Hall–Kier alpha value is -0.990. The van der Waals surface area contributed by atoms with Gasteiger partial charge in [-0.1, -0.05) is 6.92 Å². The van der Waals surface area contributed by atoms with Gasteiger partial charge in [0.15, 0.2) is 11.1 Å². The van der Waals surface area contributed by atoms with Gasteiger partial charge in [0.1, 0.15) is 0 Å². The molecule has 8 heteroatoms. The van der Waals surface area contributed by atoms with Crippen LogP contribution in [0, 0.1) is 0 Å². The molecule has 24 heavy (non-hydrogen) atoms. The van der Waals surface area contributed by atoms with Crippen molar-refractivity contribution >= 4 is 34.2 Å². The number of guanidine groups is 1. The summed E-state index contributed by atoms with van der Waals surface area (Å²) in [6.07, 6.45) is 2.18. The molecule has 0 saturated carbocycles. The van der Waals surface area contributed by atoms with Gasteiger partial charge >= 0.3 is 0 Å². The van der Waals surface area contributed by atoms with Crippen LogP contribution in [0.15, 0.2) is 10.4 Å². The molecular weight excluding hydrogens is 342 g/mol. The van der Waals surface area contributed by atoms with E-state index in [0.717, 1.165) is 55.1 Å². The standard InChI is InChI=1S/C16H29N5OS2/c1-5-24-16(6-8-22-9-7-16)12-19-14(17-2)18-10-13-11-23-15(20-13)21(3)4/h11H,5-10,12H2,1-4H3,(H2,17,18,19). The van der Waals surface area contributed by atoms with E-state index in [9.17, 15) is 0 Å². The van der Waals surface area contributed by atoms with Crippen LogP contribution in [0.25, 0.3) is 0 Å². The Bertz CT molecular complexity index is 521. The van der Waals surface area contributed by atoms with E-state index in [0.29, 0.717) is 6.54 Å². The molecule has 0 radical (unpaired) electrons. The van der Waals surface area contributed by atoms with Crippen LogP contribution in [0.2, 0.25) is 0 Å². The molecule has 0 bridgehead atoms. The second kappa shape index (κ2) is 9.48. The zero-order valence-electron chi connectivity index (χ0n) is 15.1. The van der Waals surface area contributed by atoms with Gasteiger partial charge in [-0.3, -0.25) is 4.99 Å². The number of aromatic nitrogens is 1. The van der Waals surface area contributed by atoms with Crippen molar-refractivity contribution in [2.45, 2.75) is 31.1 Å². The van der Waals surface area contributed by atoms with Crippen LogP contribution >= 0.6 is 23.1 Å². The van der Waals surface area contributed by atoms with Crippen molar-refractivity contribution in [3.63, 3.8) is 0 Å². The maximum Gasteiger partial charge on any atom is 0.191 e. The lowest BCUT2D eigenvalue weighted by Crippen LogP contribution is -2.48. The maximum absolute atomic E-state index is 5.53. The molecule has 0 unspecified atom stereocenters. The van der Waals surface area contributed by atoms with Crippen LogP contribution in [-0.4, -0.2) is 62.3 Å². The summed E-state index contributed by atoms with van der Waals surface area (Å²) in [6.45, 7) is 5.52. The fourth-order valence-electron chi connectivity index (χ4n) is 2.64. The molecular formula is C16H29N5OS2. The van der Waals surface area contributed by atoms with Gasteiger partial charge in [-0.05, 0) is 18.6 Å². The number of aliphatic imine (C=N–C) groups is 1. The second-order valence-electron chi connectivity index (χ2n) is 6.02. The smallest absolute Gasteiger partial charge is 0.191 e. The average Bonchev–Trinajstić information content (AvgIpc) is 3.05. The predicted molar refractivity (Wildman–Crippen MR) is 106 cm³/mol. The Morgan fingerprint density at radius 1 is 1.42 bits per heavy atom. The van der Waals surface area contributed by atoms with E-state index in [2.05, 4.69) is 32.9 Å². The van der Waals surface area contributed by atoms with Crippen molar-refractivity contribution in [1.29, 1.82) is 0 Å². The zero-order chi connectivity index (χ0) is 17.4. The first-order valence-corrected chi connectivity index (χ1v) is 10.2. The van der Waals surface area contributed by atoms with E-state index in [1.165, 1.54) is 0 Å². The van der Waals surface area contributed by atoms with Crippen molar-refractivity contribution in [3.05, 3.63) is 11.1 Å². The third-order valence-corrected chi connectivity index (χ3v) is 6.53. The molecule has 2 N–H and O–H groups in total. The summed E-state index contributed by atoms with van der Waals surface area (Å²) in [5.74, 6) is 1.96. The molecule has 1 fully saturated rings.